The van der Waals surface area contributed by atoms with E-state index in [1.165, 1.54) is 11.3 Å². The van der Waals surface area contributed by atoms with Gasteiger partial charge in [-0.25, -0.2) is 4.98 Å². The number of fused-ring (bicyclic) bond motifs is 1. The van der Waals surface area contributed by atoms with E-state index in [1.54, 1.807) is 6.20 Å². The van der Waals surface area contributed by atoms with E-state index < -0.39 is 0 Å². The second-order valence-electron chi connectivity index (χ2n) is 5.57. The molecule has 3 N–H and O–H groups in total. The molecule has 0 atom stereocenters. The van der Waals surface area contributed by atoms with Gasteiger partial charge in [-0.05, 0) is 37.3 Å². The topological polar surface area (TPSA) is 79.5 Å². The molecular weight excluding hydrogens is 286 g/mol. The van der Waals surface area contributed by atoms with Gasteiger partial charge in [-0.15, -0.1) is 11.3 Å². The Bertz CT molecular complexity index is 675. The number of rotatable bonds is 2. The van der Waals surface area contributed by atoms with Gasteiger partial charge in [0.2, 0.25) is 0 Å². The standard InChI is InChI=1S/C15H19N3O2S/c1-9-2-5-17-14-11(9)12(16)13(21-14)15(20)18-6-3-10(8-19)4-7-18/h2,5,10,19H,3-4,6-8,16H2,1H3. The van der Waals surface area contributed by atoms with Crippen molar-refractivity contribution in [3.63, 3.8) is 0 Å². The Morgan fingerprint density at radius 3 is 2.86 bits per heavy atom. The molecule has 0 aromatic carbocycles. The van der Waals surface area contributed by atoms with E-state index in [0.717, 1.165) is 28.6 Å². The summed E-state index contributed by atoms with van der Waals surface area (Å²) in [6.45, 7) is 3.55. The Morgan fingerprint density at radius 1 is 1.52 bits per heavy atom. The lowest BCUT2D eigenvalue weighted by Gasteiger charge is -2.30. The molecule has 112 valence electrons. The largest absolute Gasteiger partial charge is 0.397 e. The Morgan fingerprint density at radius 2 is 2.24 bits per heavy atom. The summed E-state index contributed by atoms with van der Waals surface area (Å²) in [5, 5.41) is 10.1. The highest BCUT2D eigenvalue weighted by Gasteiger charge is 2.27. The highest BCUT2D eigenvalue weighted by Crippen LogP contribution is 2.35. The van der Waals surface area contributed by atoms with Gasteiger partial charge in [0, 0.05) is 31.3 Å². The van der Waals surface area contributed by atoms with E-state index in [9.17, 15) is 9.90 Å². The van der Waals surface area contributed by atoms with Gasteiger partial charge < -0.3 is 15.7 Å². The van der Waals surface area contributed by atoms with Crippen molar-refractivity contribution in [1.29, 1.82) is 0 Å². The van der Waals surface area contributed by atoms with Crippen LogP contribution in [-0.4, -0.2) is 40.6 Å². The summed E-state index contributed by atoms with van der Waals surface area (Å²) in [7, 11) is 0. The first-order chi connectivity index (χ1) is 10.1. The fourth-order valence-corrected chi connectivity index (χ4v) is 3.93. The van der Waals surface area contributed by atoms with Crippen LogP contribution in [0.3, 0.4) is 0 Å². The number of aryl methyl sites for hydroxylation is 1. The molecule has 0 bridgehead atoms. The second-order valence-corrected chi connectivity index (χ2v) is 6.57. The molecule has 0 spiro atoms. The fourth-order valence-electron chi connectivity index (χ4n) is 2.82. The number of thiophene rings is 1. The van der Waals surface area contributed by atoms with Crippen LogP contribution in [0.1, 0.15) is 28.1 Å². The molecule has 2 aromatic rings. The molecule has 0 saturated carbocycles. The summed E-state index contributed by atoms with van der Waals surface area (Å²) in [6, 6.07) is 1.91. The van der Waals surface area contributed by atoms with Gasteiger partial charge in [0.05, 0.1) is 5.69 Å². The molecule has 0 aliphatic carbocycles. The molecule has 1 fully saturated rings. The number of likely N-dealkylation sites (tertiary alicyclic amines) is 1. The van der Waals surface area contributed by atoms with Crippen molar-refractivity contribution in [2.75, 3.05) is 25.4 Å². The number of anilines is 1. The van der Waals surface area contributed by atoms with Crippen LogP contribution in [0, 0.1) is 12.8 Å². The minimum atomic E-state index is -0.00807. The zero-order valence-corrected chi connectivity index (χ0v) is 12.8. The molecule has 2 aromatic heterocycles. The van der Waals surface area contributed by atoms with Crippen molar-refractivity contribution < 1.29 is 9.90 Å². The quantitative estimate of drug-likeness (QED) is 0.890. The Balaban J connectivity index is 1.89. The number of pyridine rings is 1. The zero-order chi connectivity index (χ0) is 15.0. The average Bonchev–Trinajstić information content (AvgIpc) is 2.85. The molecule has 0 unspecified atom stereocenters. The molecular formula is C15H19N3O2S. The number of aromatic nitrogens is 1. The lowest BCUT2D eigenvalue weighted by Crippen LogP contribution is -2.39. The Hall–Kier alpha value is -1.66. The first-order valence-electron chi connectivity index (χ1n) is 7.15. The molecule has 21 heavy (non-hydrogen) atoms. The van der Waals surface area contributed by atoms with E-state index in [0.29, 0.717) is 29.6 Å². The van der Waals surface area contributed by atoms with Gasteiger partial charge in [-0.1, -0.05) is 0 Å². The van der Waals surface area contributed by atoms with Crippen molar-refractivity contribution in [3.8, 4) is 0 Å². The SMILES string of the molecule is Cc1ccnc2sc(C(=O)N3CCC(CO)CC3)c(N)c12. The van der Waals surface area contributed by atoms with Crippen LogP contribution < -0.4 is 5.73 Å². The van der Waals surface area contributed by atoms with Gasteiger partial charge in [-0.2, -0.15) is 0 Å². The molecule has 5 nitrogen and oxygen atoms in total. The number of piperidine rings is 1. The molecule has 3 rings (SSSR count). The third kappa shape index (κ3) is 2.49. The highest BCUT2D eigenvalue weighted by atomic mass is 32.1. The van der Waals surface area contributed by atoms with Gasteiger partial charge in [0.25, 0.3) is 5.91 Å². The number of hydrogen-bond acceptors (Lipinski definition) is 5. The fraction of sp³-hybridized carbons (Fsp3) is 0.467. The molecule has 3 heterocycles. The molecule has 6 heteroatoms. The maximum absolute atomic E-state index is 12.7. The maximum Gasteiger partial charge on any atom is 0.266 e. The molecule has 1 saturated heterocycles. The smallest absolute Gasteiger partial charge is 0.266 e. The van der Waals surface area contributed by atoms with Crippen LogP contribution >= 0.6 is 11.3 Å². The van der Waals surface area contributed by atoms with Crippen molar-refractivity contribution in [2.45, 2.75) is 19.8 Å². The van der Waals surface area contributed by atoms with Crippen molar-refractivity contribution >= 4 is 33.1 Å². The summed E-state index contributed by atoms with van der Waals surface area (Å²) >= 11 is 1.37. The number of hydrogen-bond donors (Lipinski definition) is 2. The summed E-state index contributed by atoms with van der Waals surface area (Å²) in [4.78, 5) is 20.2. The van der Waals surface area contributed by atoms with Crippen LogP contribution in [-0.2, 0) is 0 Å². The van der Waals surface area contributed by atoms with E-state index in [1.807, 2.05) is 17.9 Å². The number of aliphatic hydroxyl groups excluding tert-OH is 1. The van der Waals surface area contributed by atoms with Crippen LogP contribution in [0.15, 0.2) is 12.3 Å². The Labute approximate surface area is 127 Å². The highest BCUT2D eigenvalue weighted by molar-refractivity contribution is 7.21. The van der Waals surface area contributed by atoms with Gasteiger partial charge in [0.1, 0.15) is 9.71 Å². The van der Waals surface area contributed by atoms with E-state index in [2.05, 4.69) is 4.98 Å². The van der Waals surface area contributed by atoms with Crippen LogP contribution in [0.2, 0.25) is 0 Å². The van der Waals surface area contributed by atoms with Crippen molar-refractivity contribution in [1.82, 2.24) is 9.88 Å². The summed E-state index contributed by atoms with van der Waals surface area (Å²) in [6.07, 6.45) is 3.45. The van der Waals surface area contributed by atoms with Crippen LogP contribution in [0.5, 0.6) is 0 Å². The predicted molar refractivity (Wildman–Crippen MR) is 84.5 cm³/mol. The van der Waals surface area contributed by atoms with Gasteiger partial charge >= 0.3 is 0 Å². The van der Waals surface area contributed by atoms with Gasteiger partial charge in [-0.3, -0.25) is 4.79 Å². The number of nitrogens with zero attached hydrogens (tertiary/aromatic N) is 2. The number of nitrogen functional groups attached to an aromatic ring is 1. The minimum absolute atomic E-state index is 0.00807. The lowest BCUT2D eigenvalue weighted by molar-refractivity contribution is 0.0656. The Kier molecular flexibility index (Phi) is 3.82. The van der Waals surface area contributed by atoms with Crippen LogP contribution in [0.25, 0.3) is 10.2 Å². The normalized spacial score (nSPS) is 16.6. The van der Waals surface area contributed by atoms with Crippen molar-refractivity contribution in [2.24, 2.45) is 5.92 Å². The number of amides is 1. The van der Waals surface area contributed by atoms with Crippen molar-refractivity contribution in [3.05, 3.63) is 22.7 Å². The summed E-state index contributed by atoms with van der Waals surface area (Å²) in [5.41, 5.74) is 7.78. The number of nitrogens with two attached hydrogens (primary N) is 1. The third-order valence-corrected chi connectivity index (χ3v) is 5.29. The predicted octanol–water partition coefficient (Wildman–Crippen LogP) is 2.03. The third-order valence-electron chi connectivity index (χ3n) is 4.19. The second kappa shape index (κ2) is 5.61. The number of carbonyl (C=O) groups is 1. The number of aliphatic hydroxyl groups is 1. The average molecular weight is 305 g/mol. The van der Waals surface area contributed by atoms with E-state index in [-0.39, 0.29) is 12.5 Å². The monoisotopic (exact) mass is 305 g/mol. The van der Waals surface area contributed by atoms with Crippen LogP contribution in [0.4, 0.5) is 5.69 Å². The summed E-state index contributed by atoms with van der Waals surface area (Å²) < 4.78 is 0. The molecule has 1 amide bonds. The van der Waals surface area contributed by atoms with Gasteiger partial charge in [0.15, 0.2) is 0 Å². The first kappa shape index (κ1) is 14.3. The molecule has 0 radical (unpaired) electrons. The molecule has 1 aliphatic rings. The first-order valence-corrected chi connectivity index (χ1v) is 7.97. The zero-order valence-electron chi connectivity index (χ0n) is 12.0. The van der Waals surface area contributed by atoms with E-state index in [4.69, 9.17) is 5.73 Å². The van der Waals surface area contributed by atoms with E-state index >= 15 is 0 Å². The summed E-state index contributed by atoms with van der Waals surface area (Å²) in [5.74, 6) is 0.309. The molecule has 1 aliphatic heterocycles. The lowest BCUT2D eigenvalue weighted by atomic mass is 9.98. The minimum Gasteiger partial charge on any atom is -0.397 e. The number of carbonyl (C=O) groups excluding carboxylic acids is 1. The maximum atomic E-state index is 12.7.